The van der Waals surface area contributed by atoms with Crippen LogP contribution in [0.15, 0.2) is 24.4 Å². The first-order valence-corrected chi connectivity index (χ1v) is 10.8. The monoisotopic (exact) mass is 432 g/mol. The fourth-order valence-corrected chi connectivity index (χ4v) is 5.30. The van der Waals surface area contributed by atoms with Gasteiger partial charge < -0.3 is 20.9 Å². The third-order valence-corrected chi connectivity index (χ3v) is 6.80. The first-order valence-electron chi connectivity index (χ1n) is 10.8. The van der Waals surface area contributed by atoms with E-state index in [2.05, 4.69) is 43.0 Å². The van der Waals surface area contributed by atoms with E-state index in [0.717, 1.165) is 44.0 Å². The Morgan fingerprint density at radius 3 is 2.58 bits per heavy atom. The Morgan fingerprint density at radius 2 is 1.84 bits per heavy atom. The van der Waals surface area contributed by atoms with Crippen molar-refractivity contribution in [2.45, 2.75) is 62.4 Å². The molecule has 0 radical (unpaired) electrons. The molecule has 6 nitrogen and oxygen atoms in total. The third kappa shape index (κ3) is 3.85. The smallest absolute Gasteiger partial charge is 0.365 e. The van der Waals surface area contributed by atoms with Crippen LogP contribution < -0.4 is 16.0 Å². The van der Waals surface area contributed by atoms with Crippen molar-refractivity contribution >= 4 is 17.5 Å². The van der Waals surface area contributed by atoms with E-state index in [9.17, 15) is 13.2 Å². The first kappa shape index (κ1) is 20.5. The molecule has 31 heavy (non-hydrogen) atoms. The van der Waals surface area contributed by atoms with Gasteiger partial charge >= 0.3 is 6.18 Å². The fourth-order valence-electron chi connectivity index (χ4n) is 5.30. The number of rotatable bonds is 5. The summed E-state index contributed by atoms with van der Waals surface area (Å²) in [5.74, 6) is -0.00315. The molecular formula is C22H27F3N6. The summed E-state index contributed by atoms with van der Waals surface area (Å²) in [5, 5.41) is 9.75. The quantitative estimate of drug-likeness (QED) is 0.641. The molecule has 1 aliphatic carbocycles. The molecule has 3 aliphatic rings. The van der Waals surface area contributed by atoms with Crippen LogP contribution in [0.25, 0.3) is 0 Å². The highest BCUT2D eigenvalue weighted by molar-refractivity contribution is 5.60. The molecule has 2 fully saturated rings. The number of hydrogen-bond donors (Lipinski definition) is 3. The van der Waals surface area contributed by atoms with Crippen LogP contribution in [-0.4, -0.2) is 41.0 Å². The summed E-state index contributed by atoms with van der Waals surface area (Å²) in [6, 6.07) is 6.94. The van der Waals surface area contributed by atoms with Crippen molar-refractivity contribution in [1.29, 1.82) is 0 Å². The highest BCUT2D eigenvalue weighted by Crippen LogP contribution is 2.45. The maximum absolute atomic E-state index is 13.6. The predicted octanol–water partition coefficient (Wildman–Crippen LogP) is 4.61. The summed E-state index contributed by atoms with van der Waals surface area (Å²) in [5.41, 5.74) is 2.52. The number of alkyl halides is 3. The molecular weight excluding hydrogens is 405 g/mol. The number of halogens is 3. The van der Waals surface area contributed by atoms with Crippen LogP contribution in [0, 0.1) is 0 Å². The molecule has 2 aliphatic heterocycles. The van der Waals surface area contributed by atoms with Crippen LogP contribution in [0.3, 0.4) is 0 Å². The van der Waals surface area contributed by atoms with Gasteiger partial charge in [-0.1, -0.05) is 6.07 Å². The predicted molar refractivity (Wildman–Crippen MR) is 113 cm³/mol. The summed E-state index contributed by atoms with van der Waals surface area (Å²) >= 11 is 0. The van der Waals surface area contributed by atoms with Crippen LogP contribution in [-0.2, 0) is 6.18 Å². The molecule has 1 saturated carbocycles. The van der Waals surface area contributed by atoms with E-state index in [4.69, 9.17) is 0 Å². The topological polar surface area (TPSA) is 65.1 Å². The van der Waals surface area contributed by atoms with Gasteiger partial charge in [0.05, 0.1) is 0 Å². The number of nitrogens with one attached hydrogen (secondary N) is 3. The van der Waals surface area contributed by atoms with Crippen LogP contribution in [0.4, 0.5) is 30.6 Å². The van der Waals surface area contributed by atoms with Gasteiger partial charge in [-0.3, -0.25) is 0 Å². The van der Waals surface area contributed by atoms with Gasteiger partial charge in [0.25, 0.3) is 0 Å². The van der Waals surface area contributed by atoms with Gasteiger partial charge in [-0.2, -0.15) is 18.2 Å². The Morgan fingerprint density at radius 1 is 1.06 bits per heavy atom. The van der Waals surface area contributed by atoms with E-state index in [0.29, 0.717) is 12.1 Å². The number of nitrogens with zero attached hydrogens (tertiary/aromatic N) is 3. The molecule has 166 valence electrons. The van der Waals surface area contributed by atoms with Gasteiger partial charge in [-0.15, -0.1) is 0 Å². The minimum Gasteiger partial charge on any atom is -0.365 e. The van der Waals surface area contributed by atoms with Crippen molar-refractivity contribution in [2.24, 2.45) is 0 Å². The number of aromatic nitrogens is 2. The van der Waals surface area contributed by atoms with Gasteiger partial charge in [0.1, 0.15) is 11.4 Å². The zero-order valence-corrected chi connectivity index (χ0v) is 17.6. The van der Waals surface area contributed by atoms with Crippen LogP contribution in [0.2, 0.25) is 0 Å². The van der Waals surface area contributed by atoms with E-state index < -0.39 is 11.7 Å². The molecule has 1 aromatic heterocycles. The lowest BCUT2D eigenvalue weighted by Crippen LogP contribution is -2.39. The van der Waals surface area contributed by atoms with E-state index in [-0.39, 0.29) is 23.8 Å². The van der Waals surface area contributed by atoms with Crippen molar-refractivity contribution < 1.29 is 13.2 Å². The van der Waals surface area contributed by atoms with E-state index in [1.165, 1.54) is 11.1 Å². The summed E-state index contributed by atoms with van der Waals surface area (Å²) in [6.45, 7) is 0. The minimum atomic E-state index is -4.52. The van der Waals surface area contributed by atoms with Crippen LogP contribution in [0.5, 0.6) is 0 Å². The molecule has 1 aromatic carbocycles. The van der Waals surface area contributed by atoms with Gasteiger partial charge in [0.15, 0.2) is 0 Å². The lowest BCUT2D eigenvalue weighted by Gasteiger charge is -2.28. The SMILES string of the molecule is CN(C)[C@@H]1CCC[C@H]1Nc1nc(Nc2ccc3c(c2)C2CCC3N2)ncc1C(F)(F)F. The molecule has 2 aromatic rings. The second-order valence-electron chi connectivity index (χ2n) is 8.98. The Kier molecular flexibility index (Phi) is 5.05. The molecule has 9 heteroatoms. The van der Waals surface area contributed by atoms with Gasteiger partial charge in [0, 0.05) is 36.1 Å². The average molecular weight is 432 g/mol. The van der Waals surface area contributed by atoms with E-state index in [1.807, 2.05) is 20.2 Å². The maximum atomic E-state index is 13.6. The third-order valence-electron chi connectivity index (χ3n) is 6.80. The van der Waals surface area contributed by atoms with Crippen molar-refractivity contribution in [3.63, 3.8) is 0 Å². The molecule has 3 N–H and O–H groups in total. The number of fused-ring (bicyclic) bond motifs is 5. The maximum Gasteiger partial charge on any atom is 0.421 e. The van der Waals surface area contributed by atoms with Crippen LogP contribution >= 0.6 is 0 Å². The molecule has 3 heterocycles. The summed E-state index contributed by atoms with van der Waals surface area (Å²) < 4.78 is 40.8. The second kappa shape index (κ2) is 7.63. The van der Waals surface area contributed by atoms with Crippen molar-refractivity contribution in [1.82, 2.24) is 20.2 Å². The second-order valence-corrected chi connectivity index (χ2v) is 8.98. The lowest BCUT2D eigenvalue weighted by molar-refractivity contribution is -0.137. The van der Waals surface area contributed by atoms with Crippen molar-refractivity contribution in [3.8, 4) is 0 Å². The highest BCUT2D eigenvalue weighted by Gasteiger charge is 2.38. The Labute approximate surface area is 179 Å². The zero-order valence-electron chi connectivity index (χ0n) is 17.6. The largest absolute Gasteiger partial charge is 0.421 e. The van der Waals surface area contributed by atoms with Gasteiger partial charge in [-0.25, -0.2) is 4.98 Å². The lowest BCUT2D eigenvalue weighted by atomic mass is 9.91. The molecule has 1 saturated heterocycles. The number of anilines is 3. The standard InChI is InChI=1S/C22H27F3N6/c1-31(2)19-5-3-4-18(19)29-20-15(22(23,24)25)11-26-21(30-20)27-12-6-7-13-14(10-12)17-9-8-16(13)28-17/h6-7,10-11,16-19,28H,3-5,8-9H2,1-2H3,(H2,26,27,29,30)/t16?,17?,18-,19-/m1/s1. The highest BCUT2D eigenvalue weighted by atomic mass is 19.4. The summed E-state index contributed by atoms with van der Waals surface area (Å²) in [6.07, 6.45) is 1.35. The number of benzene rings is 1. The van der Waals surface area contributed by atoms with Crippen molar-refractivity contribution in [3.05, 3.63) is 41.1 Å². The molecule has 0 amide bonds. The Hall–Kier alpha value is -2.39. The summed E-state index contributed by atoms with van der Waals surface area (Å²) in [4.78, 5) is 10.3. The fraction of sp³-hybridized carbons (Fsp3) is 0.545. The van der Waals surface area contributed by atoms with Crippen LogP contribution in [0.1, 0.15) is 60.9 Å². The normalized spacial score (nSPS) is 27.0. The first-order chi connectivity index (χ1) is 14.8. The summed E-state index contributed by atoms with van der Waals surface area (Å²) in [7, 11) is 3.91. The number of hydrogen-bond acceptors (Lipinski definition) is 6. The molecule has 4 atom stereocenters. The zero-order chi connectivity index (χ0) is 21.8. The molecule has 2 bridgehead atoms. The van der Waals surface area contributed by atoms with E-state index in [1.54, 1.807) is 0 Å². The minimum absolute atomic E-state index is 0.0829. The Balaban J connectivity index is 1.41. The van der Waals surface area contributed by atoms with E-state index >= 15 is 0 Å². The average Bonchev–Trinajstić information content (AvgIpc) is 3.43. The van der Waals surface area contributed by atoms with Gasteiger partial charge in [-0.05, 0) is 69.5 Å². The van der Waals surface area contributed by atoms with Crippen molar-refractivity contribution in [2.75, 3.05) is 24.7 Å². The molecule has 5 rings (SSSR count). The molecule has 0 spiro atoms. The molecule has 2 unspecified atom stereocenters. The Bertz CT molecular complexity index is 976. The van der Waals surface area contributed by atoms with Gasteiger partial charge in [0.2, 0.25) is 5.95 Å². The number of likely N-dealkylation sites (N-methyl/N-ethyl adjacent to an activating group) is 1.